The minimum Gasteiger partial charge on any atom is -0.397 e. The van der Waals surface area contributed by atoms with Crippen LogP contribution in [0.5, 0.6) is 0 Å². The Morgan fingerprint density at radius 1 is 1.62 bits per heavy atom. The lowest BCUT2D eigenvalue weighted by molar-refractivity contribution is -0.129. The highest BCUT2D eigenvalue weighted by atomic mass is 35.5. The van der Waals surface area contributed by atoms with Crippen LogP contribution >= 0.6 is 19.4 Å². The van der Waals surface area contributed by atoms with Crippen LogP contribution in [0.25, 0.3) is 0 Å². The summed E-state index contributed by atoms with van der Waals surface area (Å²) in [6.45, 7) is 0. The fraction of sp³-hybridized carbons (Fsp3) is 0.250. The van der Waals surface area contributed by atoms with Crippen molar-refractivity contribution in [3.05, 3.63) is 11.3 Å². The van der Waals surface area contributed by atoms with E-state index in [9.17, 15) is 9.36 Å². The zero-order chi connectivity index (χ0) is 10.5. The molecule has 7 nitrogen and oxygen atoms in total. The summed E-state index contributed by atoms with van der Waals surface area (Å²) in [5.74, 6) is -1.74. The third-order valence-corrected chi connectivity index (χ3v) is 1.37. The van der Waals surface area contributed by atoms with E-state index in [1.807, 2.05) is 0 Å². The third-order valence-electron chi connectivity index (χ3n) is 0.735. The molecular formula is C4H7ClNO6P. The molecule has 13 heavy (non-hydrogen) atoms. The van der Waals surface area contributed by atoms with Gasteiger partial charge < -0.3 is 4.52 Å². The summed E-state index contributed by atoms with van der Waals surface area (Å²) in [4.78, 5) is 31.6. The van der Waals surface area contributed by atoms with Crippen LogP contribution < -0.4 is 5.48 Å². The molecule has 9 heteroatoms. The molecule has 0 radical (unpaired) electrons. The Labute approximate surface area is 78.5 Å². The van der Waals surface area contributed by atoms with Crippen LogP contribution in [0.1, 0.15) is 0 Å². The average Bonchev–Trinajstić information content (AvgIpc) is 1.99. The van der Waals surface area contributed by atoms with Crippen LogP contribution in [0.4, 0.5) is 0 Å². The van der Waals surface area contributed by atoms with Crippen LogP contribution in [0.3, 0.4) is 0 Å². The van der Waals surface area contributed by atoms with E-state index in [2.05, 4.69) is 9.36 Å². The number of carbonyl (C=O) groups excluding carboxylic acids is 1. The Bertz CT molecular complexity index is 259. The Morgan fingerprint density at radius 3 is 2.46 bits per heavy atom. The summed E-state index contributed by atoms with van der Waals surface area (Å²) in [5, 5.41) is 0. The van der Waals surface area contributed by atoms with Gasteiger partial charge in [0.2, 0.25) is 5.76 Å². The Balaban J connectivity index is 4.38. The van der Waals surface area contributed by atoms with E-state index in [-0.39, 0.29) is 0 Å². The van der Waals surface area contributed by atoms with E-state index in [0.717, 1.165) is 7.11 Å². The van der Waals surface area contributed by atoms with Crippen molar-refractivity contribution in [2.75, 3.05) is 7.11 Å². The van der Waals surface area contributed by atoms with Gasteiger partial charge in [-0.2, -0.15) is 0 Å². The number of amides is 1. The number of hydrogen-bond donors (Lipinski definition) is 3. The monoisotopic (exact) mass is 231 g/mol. The van der Waals surface area contributed by atoms with Gasteiger partial charge in [-0.3, -0.25) is 19.4 Å². The molecule has 0 aromatic carbocycles. The maximum Gasteiger partial charge on any atom is 0.525 e. The van der Waals surface area contributed by atoms with Gasteiger partial charge in [0.05, 0.1) is 12.6 Å². The largest absolute Gasteiger partial charge is 0.525 e. The number of nitrogens with one attached hydrogen (secondary N) is 1. The second kappa shape index (κ2) is 5.21. The molecule has 0 fully saturated rings. The molecule has 3 N–H and O–H groups in total. The van der Waals surface area contributed by atoms with E-state index in [0.29, 0.717) is 5.54 Å². The molecule has 0 aromatic heterocycles. The van der Waals surface area contributed by atoms with Crippen molar-refractivity contribution in [2.45, 2.75) is 0 Å². The minimum absolute atomic E-state index is 0.577. The van der Waals surface area contributed by atoms with Crippen LogP contribution in [-0.2, 0) is 18.7 Å². The van der Waals surface area contributed by atoms with Crippen molar-refractivity contribution in [1.82, 2.24) is 5.48 Å². The Hall–Kier alpha value is -0.590. The molecule has 0 rings (SSSR count). The number of halogens is 1. The predicted molar refractivity (Wildman–Crippen MR) is 42.2 cm³/mol. The van der Waals surface area contributed by atoms with Crippen molar-refractivity contribution in [2.24, 2.45) is 0 Å². The fourth-order valence-corrected chi connectivity index (χ4v) is 0.980. The number of hydrogen-bond acceptors (Lipinski definition) is 4. The van der Waals surface area contributed by atoms with Gasteiger partial charge in [0, 0.05) is 0 Å². The van der Waals surface area contributed by atoms with E-state index in [4.69, 9.17) is 21.4 Å². The Kier molecular flexibility index (Phi) is 4.97. The molecule has 0 spiro atoms. The summed E-state index contributed by atoms with van der Waals surface area (Å²) >= 11 is 5.06. The number of carbonyl (C=O) groups is 1. The SMILES string of the molecule is CONC(=O)C(=CCl)OP(=O)(O)O. The number of hydroxylamine groups is 1. The van der Waals surface area contributed by atoms with Gasteiger partial charge in [-0.15, -0.1) is 0 Å². The Morgan fingerprint density at radius 2 is 2.15 bits per heavy atom. The minimum atomic E-state index is -4.79. The van der Waals surface area contributed by atoms with Crippen LogP contribution in [0.15, 0.2) is 11.3 Å². The highest BCUT2D eigenvalue weighted by Gasteiger charge is 2.22. The first-order valence-electron chi connectivity index (χ1n) is 2.79. The van der Waals surface area contributed by atoms with Crippen molar-refractivity contribution in [3.63, 3.8) is 0 Å². The zero-order valence-electron chi connectivity index (χ0n) is 6.43. The second-order valence-electron chi connectivity index (χ2n) is 1.69. The summed E-state index contributed by atoms with van der Waals surface area (Å²) in [5.41, 5.74) is 2.34. The molecule has 0 atom stereocenters. The molecule has 0 saturated heterocycles. The summed E-state index contributed by atoms with van der Waals surface area (Å²) in [7, 11) is -3.64. The predicted octanol–water partition coefficient (Wildman–Crippen LogP) is -0.147. The maximum atomic E-state index is 10.8. The number of rotatable bonds is 4. The highest BCUT2D eigenvalue weighted by Crippen LogP contribution is 2.38. The summed E-state index contributed by atoms with van der Waals surface area (Å²) < 4.78 is 14.2. The second-order valence-corrected chi connectivity index (χ2v) is 3.07. The molecule has 76 valence electrons. The van der Waals surface area contributed by atoms with Gasteiger partial charge in [-0.05, 0) is 0 Å². The van der Waals surface area contributed by atoms with Gasteiger partial charge in [0.25, 0.3) is 0 Å². The van der Waals surface area contributed by atoms with Gasteiger partial charge in [0.1, 0.15) is 0 Å². The molecule has 0 bridgehead atoms. The molecule has 1 amide bonds. The zero-order valence-corrected chi connectivity index (χ0v) is 8.08. The molecule has 0 aromatic rings. The smallest absolute Gasteiger partial charge is 0.397 e. The first-order valence-corrected chi connectivity index (χ1v) is 4.76. The van der Waals surface area contributed by atoms with Gasteiger partial charge >= 0.3 is 13.7 Å². The van der Waals surface area contributed by atoms with Crippen molar-refractivity contribution >= 4 is 25.3 Å². The molecule has 0 aliphatic rings. The molecular weight excluding hydrogens is 224 g/mol. The standard InChI is InChI=1S/C4H7ClNO6P/c1-11-6-4(7)3(2-5)12-13(8,9)10/h2H,1H3,(H,6,7)(H2,8,9,10). The van der Waals surface area contributed by atoms with Gasteiger partial charge in [-0.1, -0.05) is 11.6 Å². The number of phosphoric ester groups is 1. The highest BCUT2D eigenvalue weighted by molar-refractivity contribution is 7.46. The normalized spacial score (nSPS) is 12.5. The van der Waals surface area contributed by atoms with Crippen LogP contribution in [0, 0.1) is 0 Å². The molecule has 0 saturated carbocycles. The number of phosphoric acid groups is 1. The first kappa shape index (κ1) is 12.4. The fourth-order valence-electron chi connectivity index (χ4n) is 0.382. The lowest BCUT2D eigenvalue weighted by Gasteiger charge is -2.08. The maximum absolute atomic E-state index is 10.8. The summed E-state index contributed by atoms with van der Waals surface area (Å²) in [6.07, 6.45) is 0. The van der Waals surface area contributed by atoms with Gasteiger partial charge in [-0.25, -0.2) is 10.0 Å². The van der Waals surface area contributed by atoms with Crippen molar-refractivity contribution in [1.29, 1.82) is 0 Å². The molecule has 0 aliphatic carbocycles. The van der Waals surface area contributed by atoms with Crippen molar-refractivity contribution in [3.8, 4) is 0 Å². The van der Waals surface area contributed by atoms with E-state index < -0.39 is 19.5 Å². The van der Waals surface area contributed by atoms with E-state index in [1.165, 1.54) is 0 Å². The molecule has 0 heterocycles. The molecule has 0 unspecified atom stereocenters. The molecule has 0 aliphatic heterocycles. The lowest BCUT2D eigenvalue weighted by Crippen LogP contribution is -2.24. The average molecular weight is 232 g/mol. The topological polar surface area (TPSA) is 105 Å². The van der Waals surface area contributed by atoms with Crippen LogP contribution in [-0.4, -0.2) is 22.8 Å². The van der Waals surface area contributed by atoms with E-state index in [1.54, 1.807) is 5.48 Å². The van der Waals surface area contributed by atoms with E-state index >= 15 is 0 Å². The quantitative estimate of drug-likeness (QED) is 0.269. The summed E-state index contributed by atoms with van der Waals surface area (Å²) in [6, 6.07) is 0. The van der Waals surface area contributed by atoms with Crippen LogP contribution in [0.2, 0.25) is 0 Å². The van der Waals surface area contributed by atoms with Crippen molar-refractivity contribution < 1.29 is 28.5 Å². The first-order chi connectivity index (χ1) is 5.90. The lowest BCUT2D eigenvalue weighted by atomic mass is 10.5. The van der Waals surface area contributed by atoms with Gasteiger partial charge in [0.15, 0.2) is 0 Å². The third kappa shape index (κ3) is 5.62.